The van der Waals surface area contributed by atoms with E-state index < -0.39 is 0 Å². The molecule has 2 aromatic rings. The molecular weight excluding hydrogens is 389 g/mol. The highest BCUT2D eigenvalue weighted by Crippen LogP contribution is 2.36. The Hall–Kier alpha value is -1.71. The lowest BCUT2D eigenvalue weighted by molar-refractivity contribution is 0.335. The van der Waals surface area contributed by atoms with Crippen LogP contribution in [0.2, 0.25) is 0 Å². The van der Waals surface area contributed by atoms with Gasteiger partial charge in [-0.05, 0) is 67.0 Å². The van der Waals surface area contributed by atoms with E-state index in [0.29, 0.717) is 5.92 Å². The Bertz CT molecular complexity index is 790. The third-order valence-electron chi connectivity index (χ3n) is 5.25. The second-order valence-electron chi connectivity index (χ2n) is 7.00. The van der Waals surface area contributed by atoms with Gasteiger partial charge < -0.3 is 0 Å². The van der Waals surface area contributed by atoms with Crippen LogP contribution >= 0.6 is 10.7 Å². The summed E-state index contributed by atoms with van der Waals surface area (Å²) in [6.45, 7) is 14.3. The highest BCUT2D eigenvalue weighted by molar-refractivity contribution is 8.11. The normalized spacial score (nSPS) is 16.0. The monoisotopic (exact) mass is 429 g/mol. The van der Waals surface area contributed by atoms with E-state index in [9.17, 15) is 4.39 Å². The number of hydrogen-bond donors (Lipinski definition) is 0. The van der Waals surface area contributed by atoms with Crippen LogP contribution in [0.25, 0.3) is 5.57 Å². The average Bonchev–Trinajstić information content (AvgIpc) is 2.79. The minimum absolute atomic E-state index is 0.0248. The van der Waals surface area contributed by atoms with E-state index in [0.717, 1.165) is 37.2 Å². The first kappa shape index (κ1) is 26.3. The van der Waals surface area contributed by atoms with E-state index in [-0.39, 0.29) is 16.5 Å². The number of allylic oxidation sites excluding steroid dienone is 2. The third kappa shape index (κ3) is 7.52. The molecule has 1 heterocycles. The summed E-state index contributed by atoms with van der Waals surface area (Å²) < 4.78 is 16.0. The number of aryl methyl sites for hydroxylation is 1. The van der Waals surface area contributed by atoms with E-state index >= 15 is 0 Å². The summed E-state index contributed by atoms with van der Waals surface area (Å²) in [5, 5.41) is 0. The molecule has 1 fully saturated rings. The zero-order valence-corrected chi connectivity index (χ0v) is 20.6. The lowest BCUT2D eigenvalue weighted by Gasteiger charge is -2.35. The first-order valence-electron chi connectivity index (χ1n) is 11.3. The number of halogens is 1. The molecule has 0 N–H and O–H groups in total. The van der Waals surface area contributed by atoms with Gasteiger partial charge in [-0.15, -0.1) is 10.7 Å². The number of benzene rings is 2. The van der Waals surface area contributed by atoms with Crippen molar-refractivity contribution >= 4 is 22.1 Å². The van der Waals surface area contributed by atoms with E-state index in [1.54, 1.807) is 12.1 Å². The minimum atomic E-state index is -0.154. The van der Waals surface area contributed by atoms with Crippen LogP contribution in [0.1, 0.15) is 64.2 Å². The van der Waals surface area contributed by atoms with Crippen molar-refractivity contribution in [2.45, 2.75) is 60.1 Å². The maximum atomic E-state index is 13.4. The zero-order valence-electron chi connectivity index (χ0n) is 19.7. The molecule has 30 heavy (non-hydrogen) atoms. The molecule has 3 heteroatoms. The van der Waals surface area contributed by atoms with E-state index in [1.807, 2.05) is 40.7 Å². The van der Waals surface area contributed by atoms with Gasteiger partial charge in [0.1, 0.15) is 5.82 Å². The molecule has 166 valence electrons. The summed E-state index contributed by atoms with van der Waals surface area (Å²) in [5.41, 5.74) is 4.96. The fourth-order valence-electron chi connectivity index (χ4n) is 3.85. The van der Waals surface area contributed by atoms with Crippen LogP contribution in [0, 0.1) is 18.7 Å². The molecule has 1 nitrogen and oxygen atoms in total. The van der Waals surface area contributed by atoms with Gasteiger partial charge in [-0.1, -0.05) is 76.0 Å². The smallest absolute Gasteiger partial charge is 0.123 e. The average molecular weight is 430 g/mol. The molecule has 1 saturated heterocycles. The SMILES string of the molecule is C=S(Cc1ccccc1)N1CCC(/C(=C/C)c2ccc(F)cc2C)CC1.CC.CC. The van der Waals surface area contributed by atoms with Gasteiger partial charge in [0, 0.05) is 18.8 Å². The number of hydrogen-bond acceptors (Lipinski definition) is 1. The van der Waals surface area contributed by atoms with Gasteiger partial charge in [0.2, 0.25) is 0 Å². The fourth-order valence-corrected chi connectivity index (χ4v) is 5.33. The summed E-state index contributed by atoms with van der Waals surface area (Å²) in [4.78, 5) is 0. The van der Waals surface area contributed by atoms with Crippen LogP contribution in [0.3, 0.4) is 0 Å². The Labute approximate surface area is 187 Å². The number of nitrogens with zero attached hydrogens (tertiary/aromatic N) is 1. The molecule has 0 amide bonds. The molecule has 0 radical (unpaired) electrons. The van der Waals surface area contributed by atoms with Gasteiger partial charge in [-0.2, -0.15) is 0 Å². The van der Waals surface area contributed by atoms with Crippen LogP contribution < -0.4 is 0 Å². The van der Waals surface area contributed by atoms with Crippen LogP contribution in [0.4, 0.5) is 4.39 Å². The highest BCUT2D eigenvalue weighted by Gasteiger charge is 2.24. The van der Waals surface area contributed by atoms with Crippen molar-refractivity contribution in [3.63, 3.8) is 0 Å². The predicted molar refractivity (Wildman–Crippen MR) is 137 cm³/mol. The van der Waals surface area contributed by atoms with Gasteiger partial charge >= 0.3 is 0 Å². The first-order chi connectivity index (χ1) is 14.6. The molecule has 0 bridgehead atoms. The van der Waals surface area contributed by atoms with Crippen LogP contribution in [-0.4, -0.2) is 23.3 Å². The summed E-state index contributed by atoms with van der Waals surface area (Å²) in [5.74, 6) is 5.85. The summed E-state index contributed by atoms with van der Waals surface area (Å²) in [6.07, 6.45) is 4.50. The third-order valence-corrected chi connectivity index (χ3v) is 7.01. The molecule has 0 saturated carbocycles. The first-order valence-corrected chi connectivity index (χ1v) is 12.8. The van der Waals surface area contributed by atoms with Crippen molar-refractivity contribution < 1.29 is 4.39 Å². The van der Waals surface area contributed by atoms with Gasteiger partial charge in [-0.25, -0.2) is 4.39 Å². The summed E-state index contributed by atoms with van der Waals surface area (Å²) in [6, 6.07) is 15.8. The van der Waals surface area contributed by atoms with Gasteiger partial charge in [0.25, 0.3) is 0 Å². The quantitative estimate of drug-likeness (QED) is 0.434. The van der Waals surface area contributed by atoms with E-state index in [1.165, 1.54) is 16.7 Å². The highest BCUT2D eigenvalue weighted by atomic mass is 32.2. The van der Waals surface area contributed by atoms with Crippen molar-refractivity contribution in [3.8, 4) is 0 Å². The fraction of sp³-hybridized carbons (Fsp3) is 0.444. The van der Waals surface area contributed by atoms with Gasteiger partial charge in [-0.3, -0.25) is 4.31 Å². The van der Waals surface area contributed by atoms with Crippen LogP contribution in [0.5, 0.6) is 0 Å². The van der Waals surface area contributed by atoms with Crippen molar-refractivity contribution in [1.82, 2.24) is 4.31 Å². The molecule has 3 rings (SSSR count). The molecular formula is C27H40FNS. The summed E-state index contributed by atoms with van der Waals surface area (Å²) in [7, 11) is 0.0248. The standard InChI is InChI=1S/C23H28FNS.2C2H6/c1-4-22(23-11-10-21(24)16-18(23)2)20-12-14-25(15-13-20)26(3)17-19-8-6-5-7-9-19;2*1-2/h4-11,16,20H,3,12-15,17H2,1-2H3;2*1-2H3/b22-4-;;. The largest absolute Gasteiger partial charge is 0.256 e. The second kappa shape index (κ2) is 14.3. The molecule has 0 aromatic heterocycles. The molecule has 2 aromatic carbocycles. The Morgan fingerprint density at radius 2 is 1.67 bits per heavy atom. The molecule has 1 unspecified atom stereocenters. The number of piperidine rings is 1. The van der Waals surface area contributed by atoms with Crippen LogP contribution in [0.15, 0.2) is 54.6 Å². The zero-order chi connectivity index (χ0) is 22.5. The van der Waals surface area contributed by atoms with Crippen molar-refractivity contribution in [1.29, 1.82) is 0 Å². The summed E-state index contributed by atoms with van der Waals surface area (Å²) >= 11 is 0. The van der Waals surface area contributed by atoms with Crippen LogP contribution in [-0.2, 0) is 5.75 Å². The topological polar surface area (TPSA) is 3.24 Å². The minimum Gasteiger partial charge on any atom is -0.256 e. The van der Waals surface area contributed by atoms with E-state index in [2.05, 4.69) is 53.5 Å². The number of rotatable bonds is 5. The maximum absolute atomic E-state index is 13.4. The van der Waals surface area contributed by atoms with Gasteiger partial charge in [0.15, 0.2) is 0 Å². The second-order valence-corrected chi connectivity index (χ2v) is 8.73. The molecule has 1 atom stereocenters. The van der Waals surface area contributed by atoms with Crippen molar-refractivity contribution in [2.24, 2.45) is 5.92 Å². The Morgan fingerprint density at radius 1 is 1.07 bits per heavy atom. The maximum Gasteiger partial charge on any atom is 0.123 e. The predicted octanol–water partition coefficient (Wildman–Crippen LogP) is 8.12. The lowest BCUT2D eigenvalue weighted by Crippen LogP contribution is -2.30. The van der Waals surface area contributed by atoms with Crippen molar-refractivity contribution in [2.75, 3.05) is 13.1 Å². The van der Waals surface area contributed by atoms with E-state index in [4.69, 9.17) is 0 Å². The Kier molecular flexibility index (Phi) is 12.6. The molecule has 0 spiro atoms. The van der Waals surface area contributed by atoms with Gasteiger partial charge in [0.05, 0.1) is 0 Å². The Morgan fingerprint density at radius 3 is 2.20 bits per heavy atom. The Balaban J connectivity index is 0.00000106. The molecule has 0 aliphatic carbocycles. The lowest BCUT2D eigenvalue weighted by atomic mass is 9.84. The van der Waals surface area contributed by atoms with Crippen molar-refractivity contribution in [3.05, 3.63) is 77.1 Å². The molecule has 1 aliphatic heterocycles. The molecule has 1 aliphatic rings.